The molecule has 0 atom stereocenters. The summed E-state index contributed by atoms with van der Waals surface area (Å²) in [7, 11) is 0. The molecule has 2 aliphatic rings. The Kier molecular flexibility index (Phi) is 6.47. The first-order chi connectivity index (χ1) is 13.7. The van der Waals surface area contributed by atoms with Crippen molar-refractivity contribution in [2.24, 2.45) is 5.92 Å². The van der Waals surface area contributed by atoms with Crippen molar-refractivity contribution in [3.05, 3.63) is 23.8 Å². The molecule has 1 amide bonds. The number of fused-ring (bicyclic) bond motifs is 1. The van der Waals surface area contributed by atoms with Gasteiger partial charge in [-0.05, 0) is 62.9 Å². The van der Waals surface area contributed by atoms with E-state index in [4.69, 9.17) is 4.98 Å². The number of aromatic nitrogens is 1. The summed E-state index contributed by atoms with van der Waals surface area (Å²) in [5.74, 6) is 0.841. The molecule has 4 rings (SSSR count). The van der Waals surface area contributed by atoms with Gasteiger partial charge in [0.05, 0.1) is 10.2 Å². The zero-order chi connectivity index (χ0) is 19.3. The van der Waals surface area contributed by atoms with Crippen molar-refractivity contribution >= 4 is 32.6 Å². The normalized spacial score (nSPS) is 19.7. The monoisotopic (exact) mass is 400 g/mol. The number of carbonyl (C=O) groups excluding carboxylic acids is 1. The van der Waals surface area contributed by atoms with Crippen molar-refractivity contribution in [1.82, 2.24) is 15.2 Å². The zero-order valence-corrected chi connectivity index (χ0v) is 17.8. The predicted molar refractivity (Wildman–Crippen MR) is 117 cm³/mol. The van der Waals surface area contributed by atoms with Gasteiger partial charge in [0, 0.05) is 31.7 Å². The van der Waals surface area contributed by atoms with Crippen molar-refractivity contribution in [2.75, 3.05) is 44.2 Å². The Labute approximate surface area is 172 Å². The molecule has 0 bridgehead atoms. The van der Waals surface area contributed by atoms with E-state index in [2.05, 4.69) is 22.0 Å². The van der Waals surface area contributed by atoms with E-state index < -0.39 is 0 Å². The standard InChI is InChI=1S/C22H32N4OS/c1-17-8-13-26(14-9-17)22-24-19-7-6-18(16-20(19)28-22)21(27)23-10-15-25-11-4-2-3-5-12-25/h6-7,16-17H,2-5,8-15H2,1H3,(H,23,27). The summed E-state index contributed by atoms with van der Waals surface area (Å²) in [5.41, 5.74) is 1.74. The number of nitrogens with zero attached hydrogens (tertiary/aromatic N) is 3. The highest BCUT2D eigenvalue weighted by molar-refractivity contribution is 7.22. The number of hydrogen-bond donors (Lipinski definition) is 1. The average molecular weight is 401 g/mol. The summed E-state index contributed by atoms with van der Waals surface area (Å²) in [4.78, 5) is 22.3. The molecule has 0 radical (unpaired) electrons. The molecule has 0 unspecified atom stereocenters. The van der Waals surface area contributed by atoms with Gasteiger partial charge in [0.15, 0.2) is 5.13 Å². The van der Waals surface area contributed by atoms with Crippen LogP contribution in [-0.2, 0) is 0 Å². The summed E-state index contributed by atoms with van der Waals surface area (Å²) < 4.78 is 1.11. The maximum atomic E-state index is 12.6. The molecular weight excluding hydrogens is 368 g/mol. The number of rotatable bonds is 5. The second-order valence-corrected chi connectivity index (χ2v) is 9.37. The first kappa shape index (κ1) is 19.6. The molecule has 6 heteroatoms. The Balaban J connectivity index is 1.35. The topological polar surface area (TPSA) is 48.5 Å². The summed E-state index contributed by atoms with van der Waals surface area (Å²) >= 11 is 1.71. The lowest BCUT2D eigenvalue weighted by molar-refractivity contribution is 0.0948. The number of amides is 1. The average Bonchev–Trinajstić information content (AvgIpc) is 2.96. The molecule has 2 aromatic rings. The Hall–Kier alpha value is -1.66. The predicted octanol–water partition coefficient (Wildman–Crippen LogP) is 4.14. The Bertz CT molecular complexity index is 789. The highest BCUT2D eigenvalue weighted by Crippen LogP contribution is 2.32. The van der Waals surface area contributed by atoms with Gasteiger partial charge in [0.2, 0.25) is 0 Å². The number of anilines is 1. The van der Waals surface area contributed by atoms with Crippen LogP contribution in [0.2, 0.25) is 0 Å². The number of nitrogens with one attached hydrogen (secondary N) is 1. The molecule has 1 aromatic heterocycles. The third kappa shape index (κ3) is 4.84. The van der Waals surface area contributed by atoms with Crippen LogP contribution >= 0.6 is 11.3 Å². The van der Waals surface area contributed by atoms with Gasteiger partial charge in [-0.1, -0.05) is 31.1 Å². The lowest BCUT2D eigenvalue weighted by Crippen LogP contribution is -2.35. The summed E-state index contributed by atoms with van der Waals surface area (Å²) in [6.07, 6.45) is 7.73. The van der Waals surface area contributed by atoms with Crippen LogP contribution in [0.25, 0.3) is 10.2 Å². The molecule has 2 fully saturated rings. The minimum atomic E-state index is 0.0264. The minimum absolute atomic E-state index is 0.0264. The van der Waals surface area contributed by atoms with E-state index in [1.54, 1.807) is 11.3 Å². The third-order valence-electron chi connectivity index (χ3n) is 6.11. The molecule has 3 heterocycles. The zero-order valence-electron chi connectivity index (χ0n) is 17.0. The van der Waals surface area contributed by atoms with Gasteiger partial charge in [-0.15, -0.1) is 0 Å². The fraction of sp³-hybridized carbons (Fsp3) is 0.636. The Morgan fingerprint density at radius 2 is 1.89 bits per heavy atom. The minimum Gasteiger partial charge on any atom is -0.351 e. The van der Waals surface area contributed by atoms with Crippen LogP contribution in [-0.4, -0.2) is 55.1 Å². The van der Waals surface area contributed by atoms with Crippen molar-refractivity contribution in [3.63, 3.8) is 0 Å². The lowest BCUT2D eigenvalue weighted by atomic mass is 10.00. The summed E-state index contributed by atoms with van der Waals surface area (Å²) in [6, 6.07) is 5.90. The van der Waals surface area contributed by atoms with Crippen LogP contribution in [0.4, 0.5) is 5.13 Å². The number of likely N-dealkylation sites (tertiary alicyclic amines) is 1. The maximum Gasteiger partial charge on any atom is 0.251 e. The second kappa shape index (κ2) is 9.23. The van der Waals surface area contributed by atoms with Crippen LogP contribution in [0.1, 0.15) is 55.8 Å². The molecule has 1 N–H and O–H groups in total. The fourth-order valence-electron chi connectivity index (χ4n) is 4.18. The molecule has 0 saturated carbocycles. The first-order valence-corrected chi connectivity index (χ1v) is 11.7. The van der Waals surface area contributed by atoms with Gasteiger partial charge in [-0.2, -0.15) is 0 Å². The highest BCUT2D eigenvalue weighted by atomic mass is 32.1. The van der Waals surface area contributed by atoms with E-state index in [1.807, 2.05) is 18.2 Å². The molecule has 0 spiro atoms. The molecule has 28 heavy (non-hydrogen) atoms. The van der Waals surface area contributed by atoms with Crippen LogP contribution < -0.4 is 10.2 Å². The van der Waals surface area contributed by atoms with E-state index in [9.17, 15) is 4.79 Å². The summed E-state index contributed by atoms with van der Waals surface area (Å²) in [5, 5.41) is 4.20. The van der Waals surface area contributed by atoms with Crippen LogP contribution in [0, 0.1) is 5.92 Å². The van der Waals surface area contributed by atoms with E-state index >= 15 is 0 Å². The largest absolute Gasteiger partial charge is 0.351 e. The Morgan fingerprint density at radius 3 is 2.64 bits per heavy atom. The number of hydrogen-bond acceptors (Lipinski definition) is 5. The van der Waals surface area contributed by atoms with Gasteiger partial charge in [-0.3, -0.25) is 4.79 Å². The SMILES string of the molecule is CC1CCN(c2nc3ccc(C(=O)NCCN4CCCCCC4)cc3s2)CC1. The van der Waals surface area contributed by atoms with Gasteiger partial charge >= 0.3 is 0 Å². The van der Waals surface area contributed by atoms with Crippen LogP contribution in [0.5, 0.6) is 0 Å². The summed E-state index contributed by atoms with van der Waals surface area (Å²) in [6.45, 7) is 8.51. The van der Waals surface area contributed by atoms with Crippen molar-refractivity contribution < 1.29 is 4.79 Å². The second-order valence-electron chi connectivity index (χ2n) is 8.36. The quantitative estimate of drug-likeness (QED) is 0.819. The van der Waals surface area contributed by atoms with Gasteiger partial charge in [0.25, 0.3) is 5.91 Å². The lowest BCUT2D eigenvalue weighted by Gasteiger charge is -2.29. The van der Waals surface area contributed by atoms with E-state index in [1.165, 1.54) is 51.6 Å². The van der Waals surface area contributed by atoms with Crippen molar-refractivity contribution in [2.45, 2.75) is 45.4 Å². The van der Waals surface area contributed by atoms with E-state index in [0.717, 1.165) is 53.0 Å². The Morgan fingerprint density at radius 1 is 1.14 bits per heavy atom. The van der Waals surface area contributed by atoms with Gasteiger partial charge in [0.1, 0.15) is 0 Å². The van der Waals surface area contributed by atoms with E-state index in [-0.39, 0.29) is 5.91 Å². The van der Waals surface area contributed by atoms with Crippen molar-refractivity contribution in [3.8, 4) is 0 Å². The fourth-order valence-corrected chi connectivity index (χ4v) is 5.23. The molecule has 2 saturated heterocycles. The van der Waals surface area contributed by atoms with E-state index in [0.29, 0.717) is 0 Å². The number of benzene rings is 1. The third-order valence-corrected chi connectivity index (χ3v) is 7.18. The van der Waals surface area contributed by atoms with Gasteiger partial charge in [-0.25, -0.2) is 4.98 Å². The number of piperidine rings is 1. The number of carbonyl (C=O) groups is 1. The van der Waals surface area contributed by atoms with Crippen molar-refractivity contribution in [1.29, 1.82) is 0 Å². The maximum absolute atomic E-state index is 12.6. The molecule has 152 valence electrons. The first-order valence-electron chi connectivity index (χ1n) is 10.8. The smallest absolute Gasteiger partial charge is 0.251 e. The molecule has 5 nitrogen and oxygen atoms in total. The molecule has 1 aromatic carbocycles. The molecule has 2 aliphatic heterocycles. The number of thiazole rings is 1. The van der Waals surface area contributed by atoms with Gasteiger partial charge < -0.3 is 15.1 Å². The van der Waals surface area contributed by atoms with Crippen LogP contribution in [0.3, 0.4) is 0 Å². The highest BCUT2D eigenvalue weighted by Gasteiger charge is 2.19. The van der Waals surface area contributed by atoms with Crippen LogP contribution in [0.15, 0.2) is 18.2 Å². The molecular formula is C22H32N4OS. The molecule has 0 aliphatic carbocycles.